The van der Waals surface area contributed by atoms with E-state index < -0.39 is 0 Å². The average molecular weight is 691 g/mol. The molecule has 2 heterocycles. The van der Waals surface area contributed by atoms with Gasteiger partial charge in [-0.3, -0.25) is 0 Å². The van der Waals surface area contributed by atoms with Crippen LogP contribution in [0.5, 0.6) is 0 Å². The molecule has 7 aromatic carbocycles. The van der Waals surface area contributed by atoms with Gasteiger partial charge < -0.3 is 0 Å². The zero-order chi connectivity index (χ0) is 32.6. The molecule has 0 aliphatic heterocycles. The van der Waals surface area contributed by atoms with Crippen molar-refractivity contribution in [2.45, 2.75) is 0 Å². The van der Waals surface area contributed by atoms with Crippen LogP contribution < -0.4 is 0 Å². The second-order valence-electron chi connectivity index (χ2n) is 12.0. The van der Waals surface area contributed by atoms with E-state index in [9.17, 15) is 0 Å². The minimum absolute atomic E-state index is 0.242. The quantitative estimate of drug-likeness (QED) is 0.163. The molecule has 3 nitrogen and oxygen atoms in total. The first-order valence-electron chi connectivity index (χ1n) is 16.4. The van der Waals surface area contributed by atoms with Crippen molar-refractivity contribution in [3.63, 3.8) is 0 Å². The number of rotatable bonds is 6. The minimum atomic E-state index is 0.242. The number of fused-ring (bicyclic) bond motifs is 3. The van der Waals surface area contributed by atoms with Crippen molar-refractivity contribution in [3.8, 4) is 67.0 Å². The molecule has 0 unspecified atom stereocenters. The summed E-state index contributed by atoms with van der Waals surface area (Å²) in [6, 6.07) is 62.5. The first-order valence-corrected chi connectivity index (χ1v) is 18.1. The Morgan fingerprint density at radius 3 is 1.59 bits per heavy atom. The summed E-state index contributed by atoms with van der Waals surface area (Å²) in [5.41, 5.74) is 12.6. The second kappa shape index (κ2) is 12.6. The van der Waals surface area contributed by atoms with E-state index in [0.29, 0.717) is 0 Å². The van der Waals surface area contributed by atoms with Crippen LogP contribution in [0.25, 0.3) is 86.3 Å². The fraction of sp³-hybridized carbons (Fsp3) is 0. The van der Waals surface area contributed by atoms with Gasteiger partial charge in [0.25, 0.3) is 0 Å². The molecule has 0 fully saturated rings. The van der Waals surface area contributed by atoms with Crippen molar-refractivity contribution < 1.29 is 0 Å². The summed E-state index contributed by atoms with van der Waals surface area (Å²) in [6.07, 6.45) is 0. The van der Waals surface area contributed by atoms with E-state index in [1.165, 1.54) is 36.0 Å². The van der Waals surface area contributed by atoms with Crippen molar-refractivity contribution in [3.05, 3.63) is 176 Å². The van der Waals surface area contributed by atoms with Gasteiger partial charge in [0.2, 0.25) is 0 Å². The van der Waals surface area contributed by atoms with E-state index in [2.05, 4.69) is 163 Å². The molecule has 0 bridgehead atoms. The van der Waals surface area contributed by atoms with Gasteiger partial charge in [0.15, 0.2) is 0 Å². The van der Waals surface area contributed by atoms with Crippen LogP contribution in [0.4, 0.5) is 0 Å². The van der Waals surface area contributed by atoms with Crippen molar-refractivity contribution in [1.29, 1.82) is 0 Å². The van der Waals surface area contributed by atoms with E-state index in [1.807, 2.05) is 18.2 Å². The van der Waals surface area contributed by atoms with Gasteiger partial charge in [-0.2, -0.15) is 0 Å². The van der Waals surface area contributed by atoms with Gasteiger partial charge in [0.05, 0.1) is 0 Å². The molecule has 0 radical (unpaired) electrons. The van der Waals surface area contributed by atoms with Crippen LogP contribution in [0.2, 0.25) is 0 Å². The Bertz CT molecular complexity index is 2590. The zero-order valence-electron chi connectivity index (χ0n) is 26.5. The number of aromatic nitrogens is 3. The summed E-state index contributed by atoms with van der Waals surface area (Å²) in [4.78, 5) is 0. The molecule has 230 valence electrons. The molecule has 0 spiro atoms. The third kappa shape index (κ3) is 5.19. The fourth-order valence-corrected chi connectivity index (χ4v) is 9.39. The summed E-state index contributed by atoms with van der Waals surface area (Å²) >= 11 is 0.242. The molecule has 0 N–H and O–H groups in total. The first kappa shape index (κ1) is 29.2. The van der Waals surface area contributed by atoms with Crippen molar-refractivity contribution in [2.75, 3.05) is 0 Å². The van der Waals surface area contributed by atoms with E-state index >= 15 is 0 Å². The monoisotopic (exact) mass is 691 g/mol. The Morgan fingerprint density at radius 1 is 0.327 bits per heavy atom. The van der Waals surface area contributed by atoms with Gasteiger partial charge in [-0.15, -0.1) is 0 Å². The Kier molecular flexibility index (Phi) is 7.51. The van der Waals surface area contributed by atoms with Crippen molar-refractivity contribution in [2.24, 2.45) is 0 Å². The second-order valence-corrected chi connectivity index (χ2v) is 14.3. The van der Waals surface area contributed by atoms with Crippen LogP contribution in [-0.2, 0) is 0 Å². The van der Waals surface area contributed by atoms with Gasteiger partial charge >= 0.3 is 292 Å². The molecule has 4 heteroatoms. The van der Waals surface area contributed by atoms with Gasteiger partial charge in [0, 0.05) is 0 Å². The average Bonchev–Trinajstić information content (AvgIpc) is 3.57. The summed E-state index contributed by atoms with van der Waals surface area (Å²) in [5, 5.41) is 16.8. The normalized spacial score (nSPS) is 11.3. The number of hydrogen-bond donors (Lipinski definition) is 0. The Morgan fingerprint density at radius 2 is 0.837 bits per heavy atom. The molecular weight excluding hydrogens is 661 g/mol. The SMILES string of the molecule is c1ccc(-c2ccccc2-c2cccc(-c3cccc4[se]c5ccccc5c34)c2-c2nnnc(-c3ccccc3)c2-c2ccccc2)cc1. The Labute approximate surface area is 290 Å². The summed E-state index contributed by atoms with van der Waals surface area (Å²) in [7, 11) is 0. The van der Waals surface area contributed by atoms with E-state index in [0.717, 1.165) is 50.3 Å². The fourth-order valence-electron chi connectivity index (χ4n) is 7.02. The first-order chi connectivity index (χ1) is 24.3. The van der Waals surface area contributed by atoms with Gasteiger partial charge in [-0.25, -0.2) is 0 Å². The molecule has 0 aliphatic rings. The van der Waals surface area contributed by atoms with Gasteiger partial charge in [0.1, 0.15) is 0 Å². The van der Waals surface area contributed by atoms with Crippen LogP contribution in [0.3, 0.4) is 0 Å². The summed E-state index contributed by atoms with van der Waals surface area (Å²) in [5.74, 6) is 0. The van der Waals surface area contributed by atoms with Crippen molar-refractivity contribution in [1.82, 2.24) is 15.4 Å². The Balaban J connectivity index is 1.44. The van der Waals surface area contributed by atoms with Crippen LogP contribution in [-0.4, -0.2) is 29.9 Å². The summed E-state index contributed by atoms with van der Waals surface area (Å²) < 4.78 is 2.82. The van der Waals surface area contributed by atoms with Crippen LogP contribution in [0.1, 0.15) is 0 Å². The number of hydrogen-bond acceptors (Lipinski definition) is 3. The molecule has 0 amide bonds. The van der Waals surface area contributed by atoms with Crippen molar-refractivity contribution >= 4 is 33.8 Å². The molecule has 2 aromatic heterocycles. The van der Waals surface area contributed by atoms with Gasteiger partial charge in [-0.1, -0.05) is 0 Å². The van der Waals surface area contributed by atoms with E-state index in [-0.39, 0.29) is 14.5 Å². The molecule has 49 heavy (non-hydrogen) atoms. The topological polar surface area (TPSA) is 38.7 Å². The third-order valence-electron chi connectivity index (χ3n) is 9.17. The standard InChI is InChI=1S/C45H29N3Se/c1-4-16-30(17-5-1)33-22-10-11-23-34(33)35-25-14-26-37(36-27-15-29-40-42(36)38-24-12-13-28-39(38)49-40)43(35)45-41(31-18-6-2-7-19-31)44(46-48-47-45)32-20-8-3-9-21-32/h1-29H. The molecule has 0 atom stereocenters. The molecule has 0 saturated carbocycles. The maximum absolute atomic E-state index is 4.97. The van der Waals surface area contributed by atoms with E-state index in [4.69, 9.17) is 10.2 Å². The predicted octanol–water partition coefficient (Wildman–Crippen LogP) is 11.2. The van der Waals surface area contributed by atoms with Crippen LogP contribution in [0.15, 0.2) is 176 Å². The molecular formula is C45H29N3Se. The number of benzene rings is 7. The molecule has 9 rings (SSSR count). The summed E-state index contributed by atoms with van der Waals surface area (Å²) in [6.45, 7) is 0. The van der Waals surface area contributed by atoms with Crippen LogP contribution >= 0.6 is 0 Å². The number of nitrogens with zero attached hydrogens (tertiary/aromatic N) is 3. The maximum atomic E-state index is 4.97. The molecule has 0 aliphatic carbocycles. The zero-order valence-corrected chi connectivity index (χ0v) is 28.2. The third-order valence-corrected chi connectivity index (χ3v) is 11.6. The van der Waals surface area contributed by atoms with Gasteiger partial charge in [-0.05, 0) is 0 Å². The Hall–Kier alpha value is -5.93. The van der Waals surface area contributed by atoms with E-state index in [1.54, 1.807) is 0 Å². The molecule has 0 saturated heterocycles. The predicted molar refractivity (Wildman–Crippen MR) is 204 cm³/mol. The molecule has 9 aromatic rings. The van der Waals surface area contributed by atoms with Crippen LogP contribution in [0, 0.1) is 0 Å².